The number of nitrogens with two attached hydrogens (primary N) is 1. The van der Waals surface area contributed by atoms with Crippen molar-refractivity contribution in [3.63, 3.8) is 0 Å². The Kier molecular flexibility index (Phi) is 4.73. The zero-order valence-electron chi connectivity index (χ0n) is 11.7. The van der Waals surface area contributed by atoms with Gasteiger partial charge in [-0.3, -0.25) is 4.79 Å². The van der Waals surface area contributed by atoms with Crippen LogP contribution in [0.5, 0.6) is 0 Å². The van der Waals surface area contributed by atoms with Crippen LogP contribution in [0, 0.1) is 11.7 Å². The van der Waals surface area contributed by atoms with Crippen molar-refractivity contribution in [1.82, 2.24) is 5.32 Å². The number of halogens is 1. The van der Waals surface area contributed by atoms with E-state index < -0.39 is 5.54 Å². The Morgan fingerprint density at radius 2 is 2.20 bits per heavy atom. The van der Waals surface area contributed by atoms with Crippen molar-refractivity contribution in [1.29, 1.82) is 0 Å². The maximum atomic E-state index is 13.5. The first kappa shape index (κ1) is 14.9. The fourth-order valence-corrected chi connectivity index (χ4v) is 2.46. The summed E-state index contributed by atoms with van der Waals surface area (Å²) < 4.78 is 18.9. The van der Waals surface area contributed by atoms with Crippen LogP contribution >= 0.6 is 0 Å². The summed E-state index contributed by atoms with van der Waals surface area (Å²) in [6.45, 7) is 3.18. The lowest BCUT2D eigenvalue weighted by Gasteiger charge is -2.39. The summed E-state index contributed by atoms with van der Waals surface area (Å²) in [7, 11) is 0. The van der Waals surface area contributed by atoms with E-state index in [0.29, 0.717) is 32.6 Å². The van der Waals surface area contributed by atoms with Crippen molar-refractivity contribution in [3.05, 3.63) is 35.6 Å². The van der Waals surface area contributed by atoms with E-state index in [0.717, 1.165) is 5.56 Å². The number of hydrogen-bond donors (Lipinski definition) is 2. The first-order valence-electron chi connectivity index (χ1n) is 6.93. The molecule has 0 aliphatic carbocycles. The molecule has 1 fully saturated rings. The average molecular weight is 280 g/mol. The molecular weight excluding hydrogens is 259 g/mol. The predicted molar refractivity (Wildman–Crippen MR) is 74.5 cm³/mol. The number of hydrogen-bond acceptors (Lipinski definition) is 3. The Hall–Kier alpha value is -1.46. The standard InChI is InChI=1S/C15H21FN2O2/c1-11(10-17)14(19)18-15(5-7-20-8-6-15)12-3-2-4-13(16)9-12/h2-4,9,11H,5-8,10,17H2,1H3,(H,18,19). The van der Waals surface area contributed by atoms with Gasteiger partial charge in [0.05, 0.1) is 5.54 Å². The molecule has 1 aliphatic heterocycles. The van der Waals surface area contributed by atoms with E-state index >= 15 is 0 Å². The second-order valence-electron chi connectivity index (χ2n) is 5.33. The largest absolute Gasteiger partial charge is 0.381 e. The van der Waals surface area contributed by atoms with Gasteiger partial charge in [0.15, 0.2) is 0 Å². The molecule has 5 heteroatoms. The van der Waals surface area contributed by atoms with E-state index in [2.05, 4.69) is 5.32 Å². The molecule has 1 aromatic carbocycles. The van der Waals surface area contributed by atoms with Gasteiger partial charge in [0.1, 0.15) is 5.82 Å². The maximum Gasteiger partial charge on any atom is 0.224 e. The lowest BCUT2D eigenvalue weighted by molar-refractivity contribution is -0.127. The maximum absolute atomic E-state index is 13.5. The molecule has 1 aliphatic rings. The molecule has 1 atom stereocenters. The zero-order valence-corrected chi connectivity index (χ0v) is 11.7. The highest BCUT2D eigenvalue weighted by Crippen LogP contribution is 2.32. The topological polar surface area (TPSA) is 64.4 Å². The van der Waals surface area contributed by atoms with E-state index in [4.69, 9.17) is 10.5 Å². The summed E-state index contributed by atoms with van der Waals surface area (Å²) in [5, 5.41) is 3.06. The molecule has 0 radical (unpaired) electrons. The van der Waals surface area contributed by atoms with E-state index in [1.54, 1.807) is 13.0 Å². The molecule has 1 heterocycles. The molecule has 0 saturated carbocycles. The molecule has 1 amide bonds. The van der Waals surface area contributed by atoms with Crippen molar-refractivity contribution in [2.75, 3.05) is 19.8 Å². The highest BCUT2D eigenvalue weighted by Gasteiger charge is 2.36. The second-order valence-corrected chi connectivity index (χ2v) is 5.33. The van der Waals surface area contributed by atoms with Gasteiger partial charge in [0.25, 0.3) is 0 Å². The van der Waals surface area contributed by atoms with Crippen LogP contribution < -0.4 is 11.1 Å². The van der Waals surface area contributed by atoms with Gasteiger partial charge in [0, 0.05) is 25.7 Å². The van der Waals surface area contributed by atoms with Crippen molar-refractivity contribution in [3.8, 4) is 0 Å². The fraction of sp³-hybridized carbons (Fsp3) is 0.533. The van der Waals surface area contributed by atoms with Crippen molar-refractivity contribution in [2.45, 2.75) is 25.3 Å². The van der Waals surface area contributed by atoms with Gasteiger partial charge in [-0.25, -0.2) is 4.39 Å². The number of benzene rings is 1. The smallest absolute Gasteiger partial charge is 0.224 e. The highest BCUT2D eigenvalue weighted by atomic mass is 19.1. The van der Waals surface area contributed by atoms with E-state index in [-0.39, 0.29) is 17.6 Å². The number of carbonyl (C=O) groups is 1. The summed E-state index contributed by atoms with van der Waals surface area (Å²) in [6.07, 6.45) is 1.28. The SMILES string of the molecule is CC(CN)C(=O)NC1(c2cccc(F)c2)CCOCC1. The average Bonchev–Trinajstić information content (AvgIpc) is 2.47. The van der Waals surface area contributed by atoms with Crippen molar-refractivity contribution < 1.29 is 13.9 Å². The molecule has 0 bridgehead atoms. The third-order valence-electron chi connectivity index (χ3n) is 3.89. The van der Waals surface area contributed by atoms with Gasteiger partial charge < -0.3 is 15.8 Å². The molecule has 3 N–H and O–H groups in total. The summed E-state index contributed by atoms with van der Waals surface area (Å²) in [4.78, 5) is 12.2. The predicted octanol–water partition coefficient (Wildman–Crippen LogP) is 1.54. The molecule has 1 saturated heterocycles. The number of nitrogens with one attached hydrogen (secondary N) is 1. The van der Waals surface area contributed by atoms with Gasteiger partial charge in [-0.1, -0.05) is 19.1 Å². The zero-order chi connectivity index (χ0) is 14.6. The Bertz CT molecular complexity index is 473. The van der Waals surface area contributed by atoms with Crippen molar-refractivity contribution >= 4 is 5.91 Å². The summed E-state index contributed by atoms with van der Waals surface area (Å²) >= 11 is 0. The minimum atomic E-state index is -0.555. The van der Waals surface area contributed by atoms with E-state index in [9.17, 15) is 9.18 Å². The summed E-state index contributed by atoms with van der Waals surface area (Å²) in [5.74, 6) is -0.656. The van der Waals surface area contributed by atoms with Gasteiger partial charge in [0.2, 0.25) is 5.91 Å². The Balaban J connectivity index is 2.28. The minimum Gasteiger partial charge on any atom is -0.381 e. The summed E-state index contributed by atoms with van der Waals surface area (Å²) in [5.41, 5.74) is 5.77. The lowest BCUT2D eigenvalue weighted by atomic mass is 9.82. The normalized spacial score (nSPS) is 19.4. The van der Waals surface area contributed by atoms with Gasteiger partial charge in [-0.15, -0.1) is 0 Å². The monoisotopic (exact) mass is 280 g/mol. The van der Waals surface area contributed by atoms with E-state index in [1.165, 1.54) is 12.1 Å². The molecule has 110 valence electrons. The minimum absolute atomic E-state index is 0.0985. The molecule has 0 spiro atoms. The fourth-order valence-electron chi connectivity index (χ4n) is 2.46. The van der Waals surface area contributed by atoms with Gasteiger partial charge in [-0.05, 0) is 30.5 Å². The van der Waals surface area contributed by atoms with Crippen molar-refractivity contribution in [2.24, 2.45) is 11.7 Å². The van der Waals surface area contributed by atoms with Crippen LogP contribution in [-0.2, 0) is 15.1 Å². The number of ether oxygens (including phenoxy) is 1. The van der Waals surface area contributed by atoms with Crippen LogP contribution in [0.15, 0.2) is 24.3 Å². The quantitative estimate of drug-likeness (QED) is 0.879. The van der Waals surface area contributed by atoms with Crippen LogP contribution in [0.3, 0.4) is 0 Å². The van der Waals surface area contributed by atoms with Gasteiger partial charge in [-0.2, -0.15) is 0 Å². The first-order chi connectivity index (χ1) is 9.57. The van der Waals surface area contributed by atoms with Crippen LogP contribution in [0.25, 0.3) is 0 Å². The molecule has 1 aromatic rings. The van der Waals surface area contributed by atoms with Crippen LogP contribution in [0.2, 0.25) is 0 Å². The number of carbonyl (C=O) groups excluding carboxylic acids is 1. The molecule has 20 heavy (non-hydrogen) atoms. The Labute approximate surface area is 118 Å². The van der Waals surface area contributed by atoms with Gasteiger partial charge >= 0.3 is 0 Å². The molecule has 4 nitrogen and oxygen atoms in total. The Morgan fingerprint density at radius 1 is 1.50 bits per heavy atom. The molecule has 1 unspecified atom stereocenters. The second kappa shape index (κ2) is 6.33. The number of rotatable bonds is 4. The first-order valence-corrected chi connectivity index (χ1v) is 6.93. The highest BCUT2D eigenvalue weighted by molar-refractivity contribution is 5.79. The molecular formula is C15H21FN2O2. The molecule has 0 aromatic heterocycles. The van der Waals surface area contributed by atoms with E-state index in [1.807, 2.05) is 6.07 Å². The Morgan fingerprint density at radius 3 is 2.80 bits per heavy atom. The lowest BCUT2D eigenvalue weighted by Crippen LogP contribution is -2.51. The van der Waals surface area contributed by atoms with Crippen LogP contribution in [-0.4, -0.2) is 25.7 Å². The van der Waals surface area contributed by atoms with Crippen LogP contribution in [0.4, 0.5) is 4.39 Å². The van der Waals surface area contributed by atoms with Crippen LogP contribution in [0.1, 0.15) is 25.3 Å². The third kappa shape index (κ3) is 3.16. The summed E-state index contributed by atoms with van der Waals surface area (Å²) in [6, 6.07) is 6.40. The number of amides is 1. The third-order valence-corrected chi connectivity index (χ3v) is 3.89. The molecule has 2 rings (SSSR count).